The quantitative estimate of drug-likeness (QED) is 0.828. The maximum atomic E-state index is 13.5. The predicted octanol–water partition coefficient (Wildman–Crippen LogP) is 2.06. The van der Waals surface area contributed by atoms with Crippen LogP contribution in [0.25, 0.3) is 0 Å². The van der Waals surface area contributed by atoms with Crippen molar-refractivity contribution in [2.75, 3.05) is 46.5 Å². The van der Waals surface area contributed by atoms with Crippen molar-refractivity contribution in [1.82, 2.24) is 9.80 Å². The molecular weight excluding hydrogens is 295 g/mol. The Hall–Kier alpha value is -1.01. The van der Waals surface area contributed by atoms with Crippen LogP contribution >= 0.6 is 0 Å². The van der Waals surface area contributed by atoms with Crippen LogP contribution < -0.4 is 0 Å². The molecule has 0 amide bonds. The standard InChI is InChI=1S/C18H27FN2O2/c1-14-3-4-16(19)11-15(14)12-20-6-5-18-17(13-20)21(7-9-22-2)8-10-23-18/h3-4,11,17-18H,5-10,12-13H2,1-2H3/t17-,18-/m0/s1. The summed E-state index contributed by atoms with van der Waals surface area (Å²) in [5.74, 6) is -0.150. The summed E-state index contributed by atoms with van der Waals surface area (Å²) in [6.45, 7) is 8.34. The fraction of sp³-hybridized carbons (Fsp3) is 0.667. The van der Waals surface area contributed by atoms with E-state index in [1.54, 1.807) is 13.2 Å². The van der Waals surface area contributed by atoms with Gasteiger partial charge in [-0.25, -0.2) is 4.39 Å². The zero-order chi connectivity index (χ0) is 16.2. The molecule has 0 aliphatic carbocycles. The zero-order valence-electron chi connectivity index (χ0n) is 14.1. The maximum absolute atomic E-state index is 13.5. The highest BCUT2D eigenvalue weighted by molar-refractivity contribution is 5.26. The van der Waals surface area contributed by atoms with Gasteiger partial charge < -0.3 is 9.47 Å². The Labute approximate surface area is 138 Å². The highest BCUT2D eigenvalue weighted by Gasteiger charge is 2.36. The molecule has 5 heteroatoms. The van der Waals surface area contributed by atoms with Crippen LogP contribution in [0.2, 0.25) is 0 Å². The minimum absolute atomic E-state index is 0.150. The fourth-order valence-corrected chi connectivity index (χ4v) is 3.69. The van der Waals surface area contributed by atoms with Gasteiger partial charge in [0.05, 0.1) is 19.3 Å². The van der Waals surface area contributed by atoms with Crippen molar-refractivity contribution in [3.63, 3.8) is 0 Å². The molecule has 2 aliphatic rings. The molecule has 1 aromatic carbocycles. The number of likely N-dealkylation sites (tertiary alicyclic amines) is 1. The van der Waals surface area contributed by atoms with Gasteiger partial charge in [-0.15, -0.1) is 0 Å². The Bertz CT molecular complexity index is 526. The van der Waals surface area contributed by atoms with Crippen LogP contribution in [0.1, 0.15) is 17.5 Å². The lowest BCUT2D eigenvalue weighted by atomic mass is 9.97. The summed E-state index contributed by atoms with van der Waals surface area (Å²) >= 11 is 0. The third-order valence-corrected chi connectivity index (χ3v) is 5.07. The molecule has 1 aromatic rings. The third-order valence-electron chi connectivity index (χ3n) is 5.07. The van der Waals surface area contributed by atoms with Gasteiger partial charge in [-0.05, 0) is 36.6 Å². The highest BCUT2D eigenvalue weighted by atomic mass is 19.1. The minimum atomic E-state index is -0.150. The Balaban J connectivity index is 1.65. The molecule has 23 heavy (non-hydrogen) atoms. The van der Waals surface area contributed by atoms with Gasteiger partial charge in [0.2, 0.25) is 0 Å². The molecule has 0 spiro atoms. The second kappa shape index (κ2) is 7.71. The number of morpholine rings is 1. The van der Waals surface area contributed by atoms with E-state index >= 15 is 0 Å². The number of rotatable bonds is 5. The lowest BCUT2D eigenvalue weighted by Crippen LogP contribution is -2.60. The molecule has 3 rings (SSSR count). The normalized spacial score (nSPS) is 26.2. The van der Waals surface area contributed by atoms with E-state index in [0.29, 0.717) is 12.1 Å². The van der Waals surface area contributed by atoms with Gasteiger partial charge in [0.15, 0.2) is 0 Å². The average Bonchev–Trinajstić information content (AvgIpc) is 2.56. The SMILES string of the molecule is COCCN1CCO[C@H]2CCN(Cc3cc(F)ccc3C)C[C@@H]21. The summed E-state index contributed by atoms with van der Waals surface area (Å²) in [6, 6.07) is 5.49. The number of nitrogens with zero attached hydrogens (tertiary/aromatic N) is 2. The van der Waals surface area contributed by atoms with Crippen LogP contribution in [-0.2, 0) is 16.0 Å². The summed E-state index contributed by atoms with van der Waals surface area (Å²) in [5, 5.41) is 0. The van der Waals surface area contributed by atoms with Gasteiger partial charge in [0, 0.05) is 45.9 Å². The van der Waals surface area contributed by atoms with Gasteiger partial charge in [-0.1, -0.05) is 6.07 Å². The van der Waals surface area contributed by atoms with Crippen molar-refractivity contribution in [2.24, 2.45) is 0 Å². The van der Waals surface area contributed by atoms with Crippen molar-refractivity contribution < 1.29 is 13.9 Å². The molecule has 2 atom stereocenters. The topological polar surface area (TPSA) is 24.9 Å². The molecule has 2 fully saturated rings. The second-order valence-electron chi connectivity index (χ2n) is 6.60. The molecule has 4 nitrogen and oxygen atoms in total. The van der Waals surface area contributed by atoms with Gasteiger partial charge in [-0.2, -0.15) is 0 Å². The molecule has 2 saturated heterocycles. The number of aryl methyl sites for hydroxylation is 1. The maximum Gasteiger partial charge on any atom is 0.123 e. The van der Waals surface area contributed by atoms with Crippen LogP contribution in [0.15, 0.2) is 18.2 Å². The summed E-state index contributed by atoms with van der Waals surface area (Å²) < 4.78 is 24.7. The largest absolute Gasteiger partial charge is 0.383 e. The summed E-state index contributed by atoms with van der Waals surface area (Å²) in [7, 11) is 1.75. The Kier molecular flexibility index (Phi) is 5.64. The van der Waals surface area contributed by atoms with Crippen molar-refractivity contribution in [2.45, 2.75) is 32.0 Å². The van der Waals surface area contributed by atoms with E-state index < -0.39 is 0 Å². The van der Waals surface area contributed by atoms with E-state index in [1.165, 1.54) is 6.07 Å². The molecule has 2 aliphatic heterocycles. The molecular formula is C18H27FN2O2. The number of hydrogen-bond acceptors (Lipinski definition) is 4. The summed E-state index contributed by atoms with van der Waals surface area (Å²) in [4.78, 5) is 4.92. The van der Waals surface area contributed by atoms with E-state index in [9.17, 15) is 4.39 Å². The van der Waals surface area contributed by atoms with Crippen molar-refractivity contribution in [1.29, 1.82) is 0 Å². The van der Waals surface area contributed by atoms with Gasteiger partial charge in [0.1, 0.15) is 5.82 Å². The number of halogens is 1. The first-order valence-corrected chi connectivity index (χ1v) is 8.49. The second-order valence-corrected chi connectivity index (χ2v) is 6.60. The molecule has 2 heterocycles. The summed E-state index contributed by atoms with van der Waals surface area (Å²) in [6.07, 6.45) is 1.37. The number of ether oxygens (including phenoxy) is 2. The van der Waals surface area contributed by atoms with E-state index in [1.807, 2.05) is 6.07 Å². The first-order valence-electron chi connectivity index (χ1n) is 8.49. The molecule has 0 unspecified atom stereocenters. The van der Waals surface area contributed by atoms with Crippen LogP contribution in [0, 0.1) is 12.7 Å². The number of hydrogen-bond donors (Lipinski definition) is 0. The average molecular weight is 322 g/mol. The Morgan fingerprint density at radius 3 is 3.04 bits per heavy atom. The van der Waals surface area contributed by atoms with Gasteiger partial charge in [-0.3, -0.25) is 9.80 Å². The molecule has 0 N–H and O–H groups in total. The zero-order valence-corrected chi connectivity index (χ0v) is 14.1. The third kappa shape index (κ3) is 4.10. The highest BCUT2D eigenvalue weighted by Crippen LogP contribution is 2.24. The number of benzene rings is 1. The number of piperidine rings is 1. The first kappa shape index (κ1) is 16.8. The minimum Gasteiger partial charge on any atom is -0.383 e. The molecule has 0 saturated carbocycles. The molecule has 0 radical (unpaired) electrons. The summed E-state index contributed by atoms with van der Waals surface area (Å²) in [5.41, 5.74) is 2.24. The van der Waals surface area contributed by atoms with Crippen LogP contribution in [0.5, 0.6) is 0 Å². The smallest absolute Gasteiger partial charge is 0.123 e. The van der Waals surface area contributed by atoms with E-state index in [2.05, 4.69) is 16.7 Å². The van der Waals surface area contributed by atoms with Crippen LogP contribution in [-0.4, -0.2) is 68.4 Å². The van der Waals surface area contributed by atoms with Crippen LogP contribution in [0.3, 0.4) is 0 Å². The van der Waals surface area contributed by atoms with E-state index in [-0.39, 0.29) is 5.82 Å². The lowest BCUT2D eigenvalue weighted by Gasteiger charge is -2.47. The van der Waals surface area contributed by atoms with Gasteiger partial charge in [0.25, 0.3) is 0 Å². The monoisotopic (exact) mass is 322 g/mol. The number of fused-ring (bicyclic) bond motifs is 1. The fourth-order valence-electron chi connectivity index (χ4n) is 3.69. The molecule has 128 valence electrons. The van der Waals surface area contributed by atoms with Crippen LogP contribution in [0.4, 0.5) is 4.39 Å². The lowest BCUT2D eigenvalue weighted by molar-refractivity contribution is -0.107. The van der Waals surface area contributed by atoms with E-state index in [4.69, 9.17) is 9.47 Å². The first-order chi connectivity index (χ1) is 11.2. The van der Waals surface area contributed by atoms with Crippen molar-refractivity contribution >= 4 is 0 Å². The van der Waals surface area contributed by atoms with E-state index in [0.717, 1.165) is 63.5 Å². The Morgan fingerprint density at radius 2 is 2.22 bits per heavy atom. The van der Waals surface area contributed by atoms with Crippen molar-refractivity contribution in [3.8, 4) is 0 Å². The Morgan fingerprint density at radius 1 is 1.35 bits per heavy atom. The predicted molar refractivity (Wildman–Crippen MR) is 88.0 cm³/mol. The van der Waals surface area contributed by atoms with Crippen molar-refractivity contribution in [3.05, 3.63) is 35.1 Å². The van der Waals surface area contributed by atoms with Gasteiger partial charge >= 0.3 is 0 Å². The molecule has 0 bridgehead atoms. The number of methoxy groups -OCH3 is 1. The molecule has 0 aromatic heterocycles.